The number of hydrogen-bond acceptors (Lipinski definition) is 5. The van der Waals surface area contributed by atoms with Crippen molar-refractivity contribution in [2.75, 3.05) is 13.2 Å². The highest BCUT2D eigenvalue weighted by atomic mass is 16.3. The largest absolute Gasteiger partial charge is 0.395 e. The Balaban J connectivity index is 1.58. The molecule has 104 valence electrons. The van der Waals surface area contributed by atoms with E-state index in [0.717, 1.165) is 31.1 Å². The molecule has 0 aromatic carbocycles. The van der Waals surface area contributed by atoms with Crippen LogP contribution in [-0.4, -0.2) is 49.4 Å². The monoisotopic (exact) mass is 263 g/mol. The number of rotatable bonds is 5. The van der Waals surface area contributed by atoms with Gasteiger partial charge in [0.25, 0.3) is 0 Å². The van der Waals surface area contributed by atoms with Crippen molar-refractivity contribution in [3.05, 3.63) is 5.82 Å². The summed E-state index contributed by atoms with van der Waals surface area (Å²) in [5, 5.41) is 21.9. The molecular weight excluding hydrogens is 242 g/mol. The standard InChI is InChI=1S/C13H21N5O/c19-8-11-5-6-12(17(11)7-9-1-2-9)13-14-15-16-18(13)10-3-4-10/h9-12,19H,1-8H2/t11-,12+/m0/s1. The van der Waals surface area contributed by atoms with Crippen molar-refractivity contribution >= 4 is 0 Å². The molecule has 1 aliphatic heterocycles. The van der Waals surface area contributed by atoms with Gasteiger partial charge in [0.1, 0.15) is 0 Å². The van der Waals surface area contributed by atoms with E-state index in [4.69, 9.17) is 0 Å². The average Bonchev–Trinajstić information content (AvgIpc) is 3.33. The Kier molecular flexibility index (Phi) is 2.81. The highest BCUT2D eigenvalue weighted by molar-refractivity contribution is 5.03. The maximum atomic E-state index is 9.58. The van der Waals surface area contributed by atoms with Gasteiger partial charge < -0.3 is 5.11 Å². The zero-order chi connectivity index (χ0) is 12.8. The summed E-state index contributed by atoms with van der Waals surface area (Å²) in [6, 6.07) is 1.14. The van der Waals surface area contributed by atoms with Crippen LogP contribution in [0, 0.1) is 5.92 Å². The van der Waals surface area contributed by atoms with Crippen LogP contribution in [0.5, 0.6) is 0 Å². The quantitative estimate of drug-likeness (QED) is 0.855. The smallest absolute Gasteiger partial charge is 0.168 e. The van der Waals surface area contributed by atoms with Crippen molar-refractivity contribution < 1.29 is 5.11 Å². The van der Waals surface area contributed by atoms with E-state index in [2.05, 4.69) is 20.4 Å². The van der Waals surface area contributed by atoms with Crippen LogP contribution < -0.4 is 0 Å². The van der Waals surface area contributed by atoms with Crippen LogP contribution in [0.3, 0.4) is 0 Å². The van der Waals surface area contributed by atoms with E-state index in [1.165, 1.54) is 25.7 Å². The number of aromatic nitrogens is 4. The molecule has 2 aliphatic carbocycles. The molecule has 0 amide bonds. The van der Waals surface area contributed by atoms with Crippen molar-refractivity contribution in [1.82, 2.24) is 25.1 Å². The fraction of sp³-hybridized carbons (Fsp3) is 0.923. The molecule has 1 N–H and O–H groups in total. The van der Waals surface area contributed by atoms with Crippen LogP contribution >= 0.6 is 0 Å². The molecule has 4 rings (SSSR count). The van der Waals surface area contributed by atoms with Crippen molar-refractivity contribution in [2.24, 2.45) is 5.92 Å². The Morgan fingerprint density at radius 2 is 1.95 bits per heavy atom. The molecule has 0 unspecified atom stereocenters. The minimum Gasteiger partial charge on any atom is -0.395 e. The molecule has 3 fully saturated rings. The fourth-order valence-electron chi connectivity index (χ4n) is 3.28. The number of tetrazole rings is 1. The molecule has 0 radical (unpaired) electrons. The highest BCUT2D eigenvalue weighted by Crippen LogP contribution is 2.42. The van der Waals surface area contributed by atoms with E-state index in [9.17, 15) is 5.11 Å². The van der Waals surface area contributed by atoms with Gasteiger partial charge in [-0.1, -0.05) is 0 Å². The van der Waals surface area contributed by atoms with Gasteiger partial charge in [0.15, 0.2) is 5.82 Å². The van der Waals surface area contributed by atoms with Gasteiger partial charge in [0, 0.05) is 12.6 Å². The number of aliphatic hydroxyl groups is 1. The molecule has 1 aromatic heterocycles. The molecular formula is C13H21N5O. The van der Waals surface area contributed by atoms with Crippen LogP contribution in [0.2, 0.25) is 0 Å². The van der Waals surface area contributed by atoms with Gasteiger partial charge in [-0.3, -0.25) is 4.90 Å². The highest BCUT2D eigenvalue weighted by Gasteiger charge is 2.41. The Labute approximate surface area is 112 Å². The Morgan fingerprint density at radius 3 is 2.63 bits per heavy atom. The SMILES string of the molecule is OC[C@@H]1CC[C@H](c2nnnn2C2CC2)N1CC1CC1. The fourth-order valence-corrected chi connectivity index (χ4v) is 3.28. The lowest BCUT2D eigenvalue weighted by Gasteiger charge is -2.28. The lowest BCUT2D eigenvalue weighted by atomic mass is 10.2. The number of nitrogens with zero attached hydrogens (tertiary/aromatic N) is 5. The van der Waals surface area contributed by atoms with Gasteiger partial charge in [0.2, 0.25) is 0 Å². The summed E-state index contributed by atoms with van der Waals surface area (Å²) in [5.41, 5.74) is 0. The summed E-state index contributed by atoms with van der Waals surface area (Å²) < 4.78 is 2.03. The van der Waals surface area contributed by atoms with Crippen LogP contribution in [0.4, 0.5) is 0 Å². The first-order valence-electron chi connectivity index (χ1n) is 7.51. The molecule has 1 aromatic rings. The van der Waals surface area contributed by atoms with E-state index < -0.39 is 0 Å². The maximum Gasteiger partial charge on any atom is 0.168 e. The summed E-state index contributed by atoms with van der Waals surface area (Å²) in [7, 11) is 0. The van der Waals surface area contributed by atoms with Gasteiger partial charge in [0.05, 0.1) is 18.7 Å². The first kappa shape index (κ1) is 11.8. The predicted molar refractivity (Wildman–Crippen MR) is 68.4 cm³/mol. The summed E-state index contributed by atoms with van der Waals surface area (Å²) >= 11 is 0. The van der Waals surface area contributed by atoms with Gasteiger partial charge in [-0.2, -0.15) is 0 Å². The summed E-state index contributed by atoms with van der Waals surface area (Å²) in [4.78, 5) is 2.46. The summed E-state index contributed by atoms with van der Waals surface area (Å²) in [6.45, 7) is 1.36. The first-order chi connectivity index (χ1) is 9.36. The van der Waals surface area contributed by atoms with Crippen molar-refractivity contribution in [3.8, 4) is 0 Å². The van der Waals surface area contributed by atoms with E-state index in [1.807, 2.05) is 4.68 Å². The lowest BCUT2D eigenvalue weighted by molar-refractivity contribution is 0.119. The van der Waals surface area contributed by atoms with Gasteiger partial charge in [-0.25, -0.2) is 4.68 Å². The van der Waals surface area contributed by atoms with Crippen molar-refractivity contribution in [1.29, 1.82) is 0 Å². The summed E-state index contributed by atoms with van der Waals surface area (Å²) in [5.74, 6) is 1.86. The normalized spacial score (nSPS) is 32.1. The van der Waals surface area contributed by atoms with Crippen LogP contribution in [0.25, 0.3) is 0 Å². The minimum absolute atomic E-state index is 0.258. The van der Waals surface area contributed by atoms with Crippen LogP contribution in [0.15, 0.2) is 0 Å². The number of aliphatic hydroxyl groups excluding tert-OH is 1. The molecule has 6 heteroatoms. The molecule has 3 aliphatic rings. The molecule has 2 atom stereocenters. The zero-order valence-electron chi connectivity index (χ0n) is 11.1. The third kappa shape index (κ3) is 2.17. The summed E-state index contributed by atoms with van der Waals surface area (Å²) in [6.07, 6.45) is 7.23. The van der Waals surface area contributed by atoms with E-state index in [0.29, 0.717) is 18.1 Å². The van der Waals surface area contributed by atoms with Gasteiger partial charge in [-0.05, 0) is 54.9 Å². The molecule has 0 spiro atoms. The molecule has 2 saturated carbocycles. The maximum absolute atomic E-state index is 9.58. The second-order valence-corrected chi connectivity index (χ2v) is 6.28. The Hall–Kier alpha value is -1.01. The molecule has 2 heterocycles. The Morgan fingerprint density at radius 1 is 1.11 bits per heavy atom. The van der Waals surface area contributed by atoms with Crippen molar-refractivity contribution in [3.63, 3.8) is 0 Å². The van der Waals surface area contributed by atoms with E-state index in [-0.39, 0.29) is 6.61 Å². The van der Waals surface area contributed by atoms with Gasteiger partial charge in [-0.15, -0.1) is 5.10 Å². The average molecular weight is 263 g/mol. The number of likely N-dealkylation sites (tertiary alicyclic amines) is 1. The molecule has 19 heavy (non-hydrogen) atoms. The molecule has 1 saturated heterocycles. The predicted octanol–water partition coefficient (Wildman–Crippen LogP) is 0.916. The van der Waals surface area contributed by atoms with Gasteiger partial charge >= 0.3 is 0 Å². The van der Waals surface area contributed by atoms with Crippen LogP contribution in [-0.2, 0) is 0 Å². The van der Waals surface area contributed by atoms with E-state index >= 15 is 0 Å². The third-order valence-corrected chi connectivity index (χ3v) is 4.73. The van der Waals surface area contributed by atoms with Crippen molar-refractivity contribution in [2.45, 2.75) is 56.7 Å². The Bertz CT molecular complexity index is 454. The lowest BCUT2D eigenvalue weighted by Crippen LogP contribution is -2.36. The molecule has 6 nitrogen and oxygen atoms in total. The third-order valence-electron chi connectivity index (χ3n) is 4.73. The van der Waals surface area contributed by atoms with Crippen LogP contribution in [0.1, 0.15) is 56.4 Å². The zero-order valence-corrected chi connectivity index (χ0v) is 11.1. The first-order valence-corrected chi connectivity index (χ1v) is 7.51. The number of hydrogen-bond donors (Lipinski definition) is 1. The second-order valence-electron chi connectivity index (χ2n) is 6.28. The topological polar surface area (TPSA) is 67.1 Å². The second kappa shape index (κ2) is 4.52. The van der Waals surface area contributed by atoms with E-state index in [1.54, 1.807) is 0 Å². The molecule has 0 bridgehead atoms. The minimum atomic E-state index is 0.258.